The van der Waals surface area contributed by atoms with Gasteiger partial charge < -0.3 is 9.67 Å². The first kappa shape index (κ1) is 14.3. The zero-order valence-electron chi connectivity index (χ0n) is 10.8. The molecule has 0 aliphatic rings. The zero-order valence-corrected chi connectivity index (χ0v) is 11.6. The second-order valence-corrected chi connectivity index (χ2v) is 5.81. The number of nitrogens with two attached hydrogens (primary N) is 1. The van der Waals surface area contributed by atoms with Gasteiger partial charge in [-0.2, -0.15) is 0 Å². The fourth-order valence-corrected chi connectivity index (χ4v) is 2.57. The fourth-order valence-electron chi connectivity index (χ4n) is 2.06. The minimum absolute atomic E-state index is 0.0184. The molecule has 106 valence electrons. The van der Waals surface area contributed by atoms with Gasteiger partial charge in [-0.15, -0.1) is 0 Å². The third-order valence-corrected chi connectivity index (χ3v) is 3.93. The average Bonchev–Trinajstić information content (AvgIpc) is 2.81. The van der Waals surface area contributed by atoms with E-state index in [2.05, 4.69) is 0 Å². The molecule has 1 heterocycles. The van der Waals surface area contributed by atoms with Crippen molar-refractivity contribution in [3.8, 4) is 5.69 Å². The maximum absolute atomic E-state index is 11.2. The molecule has 0 amide bonds. The van der Waals surface area contributed by atoms with Gasteiger partial charge in [0.25, 0.3) is 0 Å². The van der Waals surface area contributed by atoms with Crippen molar-refractivity contribution in [2.24, 2.45) is 5.14 Å². The Morgan fingerprint density at radius 2 is 1.85 bits per heavy atom. The van der Waals surface area contributed by atoms with Crippen molar-refractivity contribution < 1.29 is 18.3 Å². The van der Waals surface area contributed by atoms with E-state index in [9.17, 15) is 13.2 Å². The van der Waals surface area contributed by atoms with Crippen molar-refractivity contribution in [1.82, 2.24) is 4.57 Å². The van der Waals surface area contributed by atoms with E-state index < -0.39 is 16.0 Å². The third-order valence-electron chi connectivity index (χ3n) is 3.00. The highest BCUT2D eigenvalue weighted by molar-refractivity contribution is 7.89. The largest absolute Gasteiger partial charge is 0.478 e. The van der Waals surface area contributed by atoms with Gasteiger partial charge in [-0.05, 0) is 36.8 Å². The Bertz CT molecular complexity index is 745. The van der Waals surface area contributed by atoms with Crippen LogP contribution in [0.5, 0.6) is 0 Å². The first-order valence-electron chi connectivity index (χ1n) is 5.91. The van der Waals surface area contributed by atoms with E-state index in [1.807, 2.05) is 6.92 Å². The Labute approximate surface area is 116 Å². The lowest BCUT2D eigenvalue weighted by molar-refractivity contribution is 0.0695. The second kappa shape index (κ2) is 5.10. The van der Waals surface area contributed by atoms with Gasteiger partial charge >= 0.3 is 5.97 Å². The van der Waals surface area contributed by atoms with Gasteiger partial charge in [-0.3, -0.25) is 0 Å². The lowest BCUT2D eigenvalue weighted by atomic mass is 10.2. The van der Waals surface area contributed by atoms with E-state index in [-0.39, 0.29) is 10.5 Å². The van der Waals surface area contributed by atoms with Crippen molar-refractivity contribution in [3.63, 3.8) is 0 Å². The summed E-state index contributed by atoms with van der Waals surface area (Å²) >= 11 is 0. The Morgan fingerprint density at radius 3 is 2.30 bits per heavy atom. The molecule has 2 aromatic rings. The molecule has 0 aliphatic carbocycles. The molecule has 0 saturated heterocycles. The summed E-state index contributed by atoms with van der Waals surface area (Å²) in [6, 6.07) is 7.49. The molecule has 0 saturated carbocycles. The summed E-state index contributed by atoms with van der Waals surface area (Å²) in [7, 11) is -3.73. The molecule has 2 rings (SSSR count). The summed E-state index contributed by atoms with van der Waals surface area (Å²) in [5, 5.41) is 14.1. The topological polar surface area (TPSA) is 102 Å². The van der Waals surface area contributed by atoms with Crippen LogP contribution in [-0.2, 0) is 16.4 Å². The zero-order chi connectivity index (χ0) is 14.9. The van der Waals surface area contributed by atoms with Crippen molar-refractivity contribution in [3.05, 3.63) is 47.8 Å². The van der Waals surface area contributed by atoms with Gasteiger partial charge in [0.2, 0.25) is 10.0 Å². The number of aromatic nitrogens is 1. The molecule has 0 radical (unpaired) electrons. The number of benzene rings is 1. The van der Waals surface area contributed by atoms with Gasteiger partial charge in [0.15, 0.2) is 0 Å². The first-order valence-corrected chi connectivity index (χ1v) is 7.46. The standard InChI is InChI=1S/C13H14N2O4S/c1-2-12-11(13(16)17)7-8-15(12)9-3-5-10(6-4-9)20(14,18)19/h3-8H,2H2,1H3,(H,16,17)(H2,14,18,19). The maximum atomic E-state index is 11.2. The third kappa shape index (κ3) is 2.59. The van der Waals surface area contributed by atoms with Crippen LogP contribution in [0, 0.1) is 0 Å². The van der Waals surface area contributed by atoms with Crippen LogP contribution in [0.2, 0.25) is 0 Å². The van der Waals surface area contributed by atoms with E-state index in [0.717, 1.165) is 0 Å². The Kier molecular flexibility index (Phi) is 3.65. The summed E-state index contributed by atoms with van der Waals surface area (Å²) in [5.74, 6) is -0.984. The normalized spacial score (nSPS) is 11.5. The van der Waals surface area contributed by atoms with E-state index in [4.69, 9.17) is 10.2 Å². The lowest BCUT2D eigenvalue weighted by Gasteiger charge is -2.09. The van der Waals surface area contributed by atoms with Gasteiger partial charge in [-0.1, -0.05) is 6.92 Å². The van der Waals surface area contributed by atoms with Crippen molar-refractivity contribution in [2.75, 3.05) is 0 Å². The number of hydrogen-bond donors (Lipinski definition) is 2. The molecule has 0 fully saturated rings. The lowest BCUT2D eigenvalue weighted by Crippen LogP contribution is -2.12. The molecule has 1 aromatic carbocycles. The van der Waals surface area contributed by atoms with Gasteiger partial charge in [0.05, 0.1) is 10.5 Å². The molecule has 0 bridgehead atoms. The van der Waals surface area contributed by atoms with Crippen molar-refractivity contribution >= 4 is 16.0 Å². The number of primary sulfonamides is 1. The minimum atomic E-state index is -3.73. The summed E-state index contributed by atoms with van der Waals surface area (Å²) in [4.78, 5) is 11.1. The highest BCUT2D eigenvalue weighted by Crippen LogP contribution is 2.19. The van der Waals surface area contributed by atoms with Crippen LogP contribution < -0.4 is 5.14 Å². The molecule has 0 unspecified atom stereocenters. The van der Waals surface area contributed by atoms with E-state index in [0.29, 0.717) is 17.8 Å². The number of carboxylic acids is 1. The Hall–Kier alpha value is -2.12. The van der Waals surface area contributed by atoms with Gasteiger partial charge in [0.1, 0.15) is 0 Å². The number of rotatable bonds is 4. The smallest absolute Gasteiger partial charge is 0.337 e. The molecule has 6 nitrogen and oxygen atoms in total. The van der Waals surface area contributed by atoms with Crippen molar-refractivity contribution in [1.29, 1.82) is 0 Å². The summed E-state index contributed by atoms with van der Waals surface area (Å²) in [5.41, 5.74) is 1.57. The van der Waals surface area contributed by atoms with Crippen LogP contribution >= 0.6 is 0 Å². The fraction of sp³-hybridized carbons (Fsp3) is 0.154. The van der Waals surface area contributed by atoms with E-state index in [1.54, 1.807) is 22.9 Å². The molecule has 0 atom stereocenters. The number of carboxylic acid groups (broad SMARTS) is 1. The van der Waals surface area contributed by atoms with Crippen LogP contribution in [-0.4, -0.2) is 24.1 Å². The van der Waals surface area contributed by atoms with Crippen LogP contribution in [0.25, 0.3) is 5.69 Å². The summed E-state index contributed by atoms with van der Waals surface area (Å²) < 4.78 is 24.1. The van der Waals surface area contributed by atoms with Gasteiger partial charge in [-0.25, -0.2) is 18.4 Å². The van der Waals surface area contributed by atoms with E-state index >= 15 is 0 Å². The van der Waals surface area contributed by atoms with Gasteiger partial charge in [0, 0.05) is 17.6 Å². The number of nitrogens with zero attached hydrogens (tertiary/aromatic N) is 1. The predicted octanol–water partition coefficient (Wildman–Crippen LogP) is 1.39. The second-order valence-electron chi connectivity index (χ2n) is 4.24. The number of sulfonamides is 1. The molecule has 3 N–H and O–H groups in total. The molecular weight excluding hydrogens is 280 g/mol. The maximum Gasteiger partial charge on any atom is 0.337 e. The summed E-state index contributed by atoms with van der Waals surface area (Å²) in [6.07, 6.45) is 2.19. The Morgan fingerprint density at radius 1 is 1.25 bits per heavy atom. The van der Waals surface area contributed by atoms with Crippen LogP contribution in [0.1, 0.15) is 23.0 Å². The summed E-state index contributed by atoms with van der Waals surface area (Å²) in [6.45, 7) is 1.86. The predicted molar refractivity (Wildman–Crippen MR) is 73.5 cm³/mol. The SMILES string of the molecule is CCc1c(C(=O)O)ccn1-c1ccc(S(N)(=O)=O)cc1. The molecular formula is C13H14N2O4S. The van der Waals surface area contributed by atoms with Crippen LogP contribution in [0.15, 0.2) is 41.4 Å². The number of aromatic carboxylic acids is 1. The van der Waals surface area contributed by atoms with Crippen LogP contribution in [0.3, 0.4) is 0 Å². The molecule has 0 spiro atoms. The Balaban J connectivity index is 2.50. The van der Waals surface area contributed by atoms with Crippen molar-refractivity contribution in [2.45, 2.75) is 18.2 Å². The monoisotopic (exact) mass is 294 g/mol. The van der Waals surface area contributed by atoms with Crippen LogP contribution in [0.4, 0.5) is 0 Å². The average molecular weight is 294 g/mol. The molecule has 20 heavy (non-hydrogen) atoms. The highest BCUT2D eigenvalue weighted by Gasteiger charge is 2.15. The molecule has 7 heteroatoms. The highest BCUT2D eigenvalue weighted by atomic mass is 32.2. The molecule has 1 aromatic heterocycles. The minimum Gasteiger partial charge on any atom is -0.478 e. The number of hydrogen-bond acceptors (Lipinski definition) is 3. The van der Waals surface area contributed by atoms with E-state index in [1.165, 1.54) is 18.2 Å². The molecule has 0 aliphatic heterocycles. The quantitative estimate of drug-likeness (QED) is 0.889. The number of carbonyl (C=O) groups is 1. The first-order chi connectivity index (χ1) is 9.34.